The summed E-state index contributed by atoms with van der Waals surface area (Å²) in [6, 6.07) is 10.9. The predicted octanol–water partition coefficient (Wildman–Crippen LogP) is 3.46. The Morgan fingerprint density at radius 1 is 1.12 bits per heavy atom. The molecule has 2 aromatic carbocycles. The maximum atomic E-state index is 13.2. The maximum Gasteiger partial charge on any atom is 0.243 e. The van der Waals surface area contributed by atoms with Crippen LogP contribution in [0.1, 0.15) is 17.2 Å². The number of piperazine rings is 1. The van der Waals surface area contributed by atoms with Crippen LogP contribution in [0.2, 0.25) is 5.02 Å². The number of hydrogen-bond acceptors (Lipinski definition) is 3. The summed E-state index contributed by atoms with van der Waals surface area (Å²) in [5, 5.41) is 0.435. The van der Waals surface area contributed by atoms with Gasteiger partial charge in [-0.25, -0.2) is 12.8 Å². The van der Waals surface area contributed by atoms with Crippen LogP contribution >= 0.6 is 11.6 Å². The predicted molar refractivity (Wildman–Crippen MR) is 96.7 cm³/mol. The molecule has 0 aliphatic carbocycles. The van der Waals surface area contributed by atoms with E-state index in [0.29, 0.717) is 24.7 Å². The summed E-state index contributed by atoms with van der Waals surface area (Å²) >= 11 is 6.09. The van der Waals surface area contributed by atoms with Gasteiger partial charge in [-0.3, -0.25) is 4.90 Å². The van der Waals surface area contributed by atoms with Gasteiger partial charge in [-0.05, 0) is 49.4 Å². The molecule has 0 N–H and O–H groups in total. The van der Waals surface area contributed by atoms with Crippen LogP contribution in [0, 0.1) is 12.7 Å². The minimum Gasteiger partial charge on any atom is -0.297 e. The Balaban J connectivity index is 1.89. The van der Waals surface area contributed by atoms with Gasteiger partial charge in [-0.15, -0.1) is 0 Å². The molecule has 1 aliphatic rings. The third-order valence-electron chi connectivity index (χ3n) is 4.65. The van der Waals surface area contributed by atoms with Crippen molar-refractivity contribution in [1.82, 2.24) is 9.21 Å². The number of rotatable bonds is 3. The van der Waals surface area contributed by atoms with Crippen LogP contribution in [0.5, 0.6) is 0 Å². The van der Waals surface area contributed by atoms with Crippen molar-refractivity contribution in [2.45, 2.75) is 17.9 Å². The lowest BCUT2D eigenvalue weighted by Gasteiger charge is -2.39. The highest BCUT2D eigenvalue weighted by molar-refractivity contribution is 7.89. The minimum atomic E-state index is -3.63. The van der Waals surface area contributed by atoms with Gasteiger partial charge in [0.25, 0.3) is 0 Å². The SMILES string of the molecule is Cc1ccc(S(=O)(=O)N2CCN(C)C(c3ccc(F)cc3)C2)cc1Cl. The Morgan fingerprint density at radius 2 is 1.80 bits per heavy atom. The molecule has 7 heteroatoms. The van der Waals surface area contributed by atoms with Gasteiger partial charge >= 0.3 is 0 Å². The molecule has 134 valence electrons. The molecule has 0 spiro atoms. The summed E-state index contributed by atoms with van der Waals surface area (Å²) in [6.07, 6.45) is 0. The first kappa shape index (κ1) is 18.3. The fourth-order valence-electron chi connectivity index (χ4n) is 2.99. The first-order valence-electron chi connectivity index (χ1n) is 8.01. The van der Waals surface area contributed by atoms with Crippen molar-refractivity contribution < 1.29 is 12.8 Å². The van der Waals surface area contributed by atoms with E-state index in [1.807, 2.05) is 14.0 Å². The van der Waals surface area contributed by atoms with E-state index in [0.717, 1.165) is 11.1 Å². The van der Waals surface area contributed by atoms with Gasteiger partial charge < -0.3 is 0 Å². The van der Waals surface area contributed by atoms with E-state index in [-0.39, 0.29) is 16.8 Å². The first-order chi connectivity index (χ1) is 11.8. The molecule has 0 bridgehead atoms. The molecule has 3 rings (SSSR count). The Labute approximate surface area is 152 Å². The maximum absolute atomic E-state index is 13.2. The number of benzene rings is 2. The van der Waals surface area contributed by atoms with Gasteiger partial charge in [0.1, 0.15) is 5.82 Å². The average Bonchev–Trinajstić information content (AvgIpc) is 2.58. The van der Waals surface area contributed by atoms with Crippen molar-refractivity contribution in [2.24, 2.45) is 0 Å². The molecule has 1 aliphatic heterocycles. The van der Waals surface area contributed by atoms with Crippen LogP contribution in [0.3, 0.4) is 0 Å². The lowest BCUT2D eigenvalue weighted by atomic mass is 10.0. The number of aryl methyl sites for hydroxylation is 1. The summed E-state index contributed by atoms with van der Waals surface area (Å²) < 4.78 is 40.6. The smallest absolute Gasteiger partial charge is 0.243 e. The van der Waals surface area contributed by atoms with Crippen molar-refractivity contribution in [3.63, 3.8) is 0 Å². The quantitative estimate of drug-likeness (QED) is 0.816. The number of halogens is 2. The second-order valence-corrected chi connectivity index (χ2v) is 8.67. The summed E-state index contributed by atoms with van der Waals surface area (Å²) in [6.45, 7) is 3.15. The Bertz CT molecular complexity index is 871. The van der Waals surface area contributed by atoms with Crippen LogP contribution in [0.15, 0.2) is 47.4 Å². The van der Waals surface area contributed by atoms with Gasteiger partial charge in [0.2, 0.25) is 10.0 Å². The second kappa shape index (κ2) is 7.03. The van der Waals surface area contributed by atoms with Crippen molar-refractivity contribution in [2.75, 3.05) is 26.7 Å². The third-order valence-corrected chi connectivity index (χ3v) is 6.91. The molecule has 0 amide bonds. The van der Waals surface area contributed by atoms with Crippen molar-refractivity contribution in [1.29, 1.82) is 0 Å². The van der Waals surface area contributed by atoms with Gasteiger partial charge in [-0.1, -0.05) is 29.8 Å². The number of nitrogens with zero attached hydrogens (tertiary/aromatic N) is 2. The summed E-state index contributed by atoms with van der Waals surface area (Å²) in [7, 11) is -1.68. The summed E-state index contributed by atoms with van der Waals surface area (Å²) in [5.41, 5.74) is 1.73. The van der Waals surface area contributed by atoms with Crippen LogP contribution in [-0.2, 0) is 10.0 Å². The number of sulfonamides is 1. The second-order valence-electron chi connectivity index (χ2n) is 6.32. The zero-order chi connectivity index (χ0) is 18.2. The molecule has 1 heterocycles. The summed E-state index contributed by atoms with van der Waals surface area (Å²) in [4.78, 5) is 2.28. The molecule has 0 aromatic heterocycles. The van der Waals surface area contributed by atoms with Crippen LogP contribution < -0.4 is 0 Å². The molecule has 1 saturated heterocycles. The molecule has 1 atom stereocenters. The summed E-state index contributed by atoms with van der Waals surface area (Å²) in [5.74, 6) is -0.305. The zero-order valence-corrected chi connectivity index (χ0v) is 15.7. The lowest BCUT2D eigenvalue weighted by Crippen LogP contribution is -2.48. The average molecular weight is 383 g/mol. The number of hydrogen-bond donors (Lipinski definition) is 0. The van der Waals surface area contributed by atoms with Gasteiger partial charge in [0, 0.05) is 30.7 Å². The lowest BCUT2D eigenvalue weighted by molar-refractivity contribution is 0.148. The first-order valence-corrected chi connectivity index (χ1v) is 9.83. The largest absolute Gasteiger partial charge is 0.297 e. The monoisotopic (exact) mass is 382 g/mol. The molecule has 25 heavy (non-hydrogen) atoms. The molecular weight excluding hydrogens is 363 g/mol. The molecule has 4 nitrogen and oxygen atoms in total. The Morgan fingerprint density at radius 3 is 2.44 bits per heavy atom. The topological polar surface area (TPSA) is 40.6 Å². The third kappa shape index (κ3) is 3.72. The highest BCUT2D eigenvalue weighted by atomic mass is 35.5. The van der Waals surface area contributed by atoms with Crippen LogP contribution in [-0.4, -0.2) is 44.3 Å². The molecular formula is C18H20ClFN2O2S. The van der Waals surface area contributed by atoms with E-state index in [1.54, 1.807) is 24.3 Å². The highest BCUT2D eigenvalue weighted by Crippen LogP contribution is 2.29. The number of likely N-dealkylation sites (N-methyl/N-ethyl adjacent to an activating group) is 1. The molecule has 2 aromatic rings. The molecule has 1 unspecified atom stereocenters. The zero-order valence-electron chi connectivity index (χ0n) is 14.1. The van der Waals surface area contributed by atoms with Gasteiger partial charge in [-0.2, -0.15) is 4.31 Å². The van der Waals surface area contributed by atoms with Crippen LogP contribution in [0.4, 0.5) is 4.39 Å². The highest BCUT2D eigenvalue weighted by Gasteiger charge is 2.33. The normalized spacial score (nSPS) is 19.9. The Kier molecular flexibility index (Phi) is 5.16. The molecule has 0 radical (unpaired) electrons. The van der Waals surface area contributed by atoms with E-state index in [9.17, 15) is 12.8 Å². The van der Waals surface area contributed by atoms with Crippen LogP contribution in [0.25, 0.3) is 0 Å². The fourth-order valence-corrected chi connectivity index (χ4v) is 4.70. The van der Waals surface area contributed by atoms with E-state index in [1.165, 1.54) is 22.5 Å². The van der Waals surface area contributed by atoms with E-state index < -0.39 is 10.0 Å². The fraction of sp³-hybridized carbons (Fsp3) is 0.333. The van der Waals surface area contributed by atoms with Gasteiger partial charge in [0.15, 0.2) is 0 Å². The standard InChI is InChI=1S/C18H20ClFN2O2S/c1-13-3-8-16(11-17(13)19)25(23,24)22-10-9-21(2)18(12-22)14-4-6-15(20)7-5-14/h3-8,11,18H,9-10,12H2,1-2H3. The molecule has 0 saturated carbocycles. The van der Waals surface area contributed by atoms with E-state index in [2.05, 4.69) is 4.90 Å². The van der Waals surface area contributed by atoms with Crippen molar-refractivity contribution >= 4 is 21.6 Å². The minimum absolute atomic E-state index is 0.120. The molecule has 1 fully saturated rings. The van der Waals surface area contributed by atoms with Gasteiger partial charge in [0.05, 0.1) is 4.90 Å². The van der Waals surface area contributed by atoms with E-state index in [4.69, 9.17) is 11.6 Å². The van der Waals surface area contributed by atoms with E-state index >= 15 is 0 Å². The van der Waals surface area contributed by atoms with Crippen molar-refractivity contribution in [3.05, 3.63) is 64.4 Å². The Hall–Kier alpha value is -1.47. The van der Waals surface area contributed by atoms with Crippen molar-refractivity contribution in [3.8, 4) is 0 Å².